The second-order valence-corrected chi connectivity index (χ2v) is 10.6. The molecule has 1 fully saturated rings. The van der Waals surface area contributed by atoms with E-state index in [1.54, 1.807) is 11.8 Å². The number of anilines is 1. The van der Waals surface area contributed by atoms with Crippen molar-refractivity contribution in [3.8, 4) is 0 Å². The lowest BCUT2D eigenvalue weighted by molar-refractivity contribution is 0.0343. The number of fused-ring (bicyclic) bond motifs is 1. The number of allylic oxidation sites excluding steroid dienone is 1. The fourth-order valence-corrected chi connectivity index (χ4v) is 5.30. The van der Waals surface area contributed by atoms with Crippen LogP contribution in [0.2, 0.25) is 0 Å². The molecule has 1 aliphatic heterocycles. The maximum Gasteiger partial charge on any atom is 0.189 e. The molecule has 2 heterocycles. The zero-order chi connectivity index (χ0) is 25.6. The van der Waals surface area contributed by atoms with Crippen LogP contribution in [0.25, 0.3) is 5.70 Å². The third-order valence-corrected chi connectivity index (χ3v) is 7.61. The van der Waals surface area contributed by atoms with Crippen LogP contribution in [-0.4, -0.2) is 54.9 Å². The van der Waals surface area contributed by atoms with Crippen molar-refractivity contribution >= 4 is 23.3 Å². The predicted octanol–water partition coefficient (Wildman–Crippen LogP) is 5.52. The summed E-state index contributed by atoms with van der Waals surface area (Å²) in [5, 5.41) is 4.09. The van der Waals surface area contributed by atoms with Crippen LogP contribution >= 0.6 is 11.8 Å². The van der Waals surface area contributed by atoms with Gasteiger partial charge in [0, 0.05) is 38.6 Å². The number of hydrogen-bond donors (Lipinski definition) is 1. The van der Waals surface area contributed by atoms with E-state index < -0.39 is 0 Å². The van der Waals surface area contributed by atoms with Crippen LogP contribution in [0.1, 0.15) is 47.6 Å². The van der Waals surface area contributed by atoms with E-state index in [0.717, 1.165) is 43.6 Å². The van der Waals surface area contributed by atoms with E-state index in [-0.39, 0.29) is 6.10 Å². The Balaban J connectivity index is 1.33. The minimum absolute atomic E-state index is 0.0762. The number of benzene rings is 2. The number of aromatic nitrogens is 2. The summed E-state index contributed by atoms with van der Waals surface area (Å²) in [6, 6.07) is 19.4. The van der Waals surface area contributed by atoms with Gasteiger partial charge in [0.1, 0.15) is 5.82 Å². The lowest BCUT2D eigenvalue weighted by atomic mass is 10.1. The van der Waals surface area contributed by atoms with E-state index >= 15 is 0 Å². The van der Waals surface area contributed by atoms with Gasteiger partial charge in [-0.2, -0.15) is 0 Å². The Kier molecular flexibility index (Phi) is 8.44. The van der Waals surface area contributed by atoms with Crippen molar-refractivity contribution in [3.05, 3.63) is 88.6 Å². The number of hydrogen-bond acceptors (Lipinski definition) is 7. The molecule has 37 heavy (non-hydrogen) atoms. The van der Waals surface area contributed by atoms with Crippen molar-refractivity contribution in [2.45, 2.75) is 43.7 Å². The summed E-state index contributed by atoms with van der Waals surface area (Å²) in [7, 11) is 4.13. The van der Waals surface area contributed by atoms with Gasteiger partial charge in [-0.1, -0.05) is 66.4 Å². The molecule has 7 heteroatoms. The molecule has 0 amide bonds. The SMILES string of the molecule is CNCCC(OCc1cccc(CN2CCN(C)c3nc(SC)ncc3C2=C2CC2)c1)c1ccccc1. The Labute approximate surface area is 225 Å². The molecule has 1 aromatic heterocycles. The Bertz CT molecular complexity index is 1230. The van der Waals surface area contributed by atoms with E-state index in [2.05, 4.69) is 81.7 Å². The summed E-state index contributed by atoms with van der Waals surface area (Å²) in [6.45, 7) is 4.28. The van der Waals surface area contributed by atoms with E-state index in [1.165, 1.54) is 46.4 Å². The van der Waals surface area contributed by atoms with Crippen LogP contribution < -0.4 is 10.2 Å². The monoisotopic (exact) mass is 515 g/mol. The molecule has 1 unspecified atom stereocenters. The van der Waals surface area contributed by atoms with Crippen molar-refractivity contribution in [2.24, 2.45) is 0 Å². The topological polar surface area (TPSA) is 53.5 Å². The smallest absolute Gasteiger partial charge is 0.189 e. The largest absolute Gasteiger partial charge is 0.369 e. The number of thioether (sulfide) groups is 1. The van der Waals surface area contributed by atoms with Gasteiger partial charge in [-0.3, -0.25) is 0 Å². The molecule has 6 nitrogen and oxygen atoms in total. The summed E-state index contributed by atoms with van der Waals surface area (Å²) in [5.41, 5.74) is 7.77. The second kappa shape index (κ2) is 12.1. The number of nitrogens with zero attached hydrogens (tertiary/aromatic N) is 4. The predicted molar refractivity (Wildman–Crippen MR) is 153 cm³/mol. The molecule has 5 rings (SSSR count). The van der Waals surface area contributed by atoms with Crippen LogP contribution in [0.3, 0.4) is 0 Å². The molecule has 0 saturated heterocycles. The normalized spacial score (nSPS) is 16.0. The molecule has 194 valence electrons. The molecule has 2 aliphatic rings. The van der Waals surface area contributed by atoms with E-state index in [1.807, 2.05) is 19.5 Å². The molecular formula is C30H37N5OS. The molecule has 0 bridgehead atoms. The lowest BCUT2D eigenvalue weighted by Crippen LogP contribution is -2.28. The first-order valence-electron chi connectivity index (χ1n) is 13.1. The molecule has 3 aromatic rings. The van der Waals surface area contributed by atoms with Gasteiger partial charge in [0.2, 0.25) is 0 Å². The van der Waals surface area contributed by atoms with Crippen LogP contribution in [0, 0.1) is 0 Å². The fourth-order valence-electron chi connectivity index (χ4n) is 4.97. The molecule has 1 atom stereocenters. The number of rotatable bonds is 10. The van der Waals surface area contributed by atoms with Crippen LogP contribution in [0.4, 0.5) is 5.82 Å². The van der Waals surface area contributed by atoms with Gasteiger partial charge >= 0.3 is 0 Å². The summed E-state index contributed by atoms with van der Waals surface area (Å²) < 4.78 is 6.44. The van der Waals surface area contributed by atoms with Crippen LogP contribution in [-0.2, 0) is 17.9 Å². The second-order valence-electron chi connectivity index (χ2n) is 9.81. The average Bonchev–Trinajstić information content (AvgIpc) is 3.78. The van der Waals surface area contributed by atoms with Crippen molar-refractivity contribution in [1.82, 2.24) is 20.2 Å². The average molecular weight is 516 g/mol. The zero-order valence-electron chi connectivity index (χ0n) is 22.1. The van der Waals surface area contributed by atoms with Gasteiger partial charge in [0.15, 0.2) is 5.16 Å². The van der Waals surface area contributed by atoms with Crippen LogP contribution in [0.5, 0.6) is 0 Å². The summed E-state index contributed by atoms with van der Waals surface area (Å²) in [5.74, 6) is 1.05. The van der Waals surface area contributed by atoms with Gasteiger partial charge in [-0.15, -0.1) is 0 Å². The molecule has 1 saturated carbocycles. The minimum atomic E-state index is 0.0762. The van der Waals surface area contributed by atoms with Crippen LogP contribution in [0.15, 0.2) is 71.5 Å². The van der Waals surface area contributed by atoms with Gasteiger partial charge < -0.3 is 19.9 Å². The molecule has 0 radical (unpaired) electrons. The van der Waals surface area contributed by atoms with Crippen molar-refractivity contribution < 1.29 is 4.74 Å². The minimum Gasteiger partial charge on any atom is -0.369 e. The van der Waals surface area contributed by atoms with E-state index in [4.69, 9.17) is 9.72 Å². The molecular weight excluding hydrogens is 478 g/mol. The number of nitrogens with one attached hydrogen (secondary N) is 1. The Morgan fingerprint density at radius 1 is 1.05 bits per heavy atom. The Hall–Kier alpha value is -2.87. The van der Waals surface area contributed by atoms with E-state index in [9.17, 15) is 0 Å². The number of ether oxygens (including phenoxy) is 1. The molecule has 1 aliphatic carbocycles. The summed E-state index contributed by atoms with van der Waals surface area (Å²) in [4.78, 5) is 14.3. The first-order chi connectivity index (χ1) is 18.2. The molecule has 2 aromatic carbocycles. The highest BCUT2D eigenvalue weighted by Gasteiger charge is 2.30. The van der Waals surface area contributed by atoms with E-state index in [0.29, 0.717) is 6.61 Å². The van der Waals surface area contributed by atoms with Gasteiger partial charge in [-0.25, -0.2) is 9.97 Å². The van der Waals surface area contributed by atoms with Crippen molar-refractivity contribution in [3.63, 3.8) is 0 Å². The summed E-state index contributed by atoms with van der Waals surface area (Å²) in [6.07, 6.45) is 7.42. The van der Waals surface area contributed by atoms with Crippen molar-refractivity contribution in [2.75, 3.05) is 44.9 Å². The Morgan fingerprint density at radius 2 is 1.86 bits per heavy atom. The highest BCUT2D eigenvalue weighted by atomic mass is 32.2. The first kappa shape index (κ1) is 25.8. The highest BCUT2D eigenvalue weighted by molar-refractivity contribution is 7.98. The third kappa shape index (κ3) is 6.35. The summed E-state index contributed by atoms with van der Waals surface area (Å²) >= 11 is 1.60. The quantitative estimate of drug-likeness (QED) is 0.282. The fraction of sp³-hybridized carbons (Fsp3) is 0.400. The van der Waals surface area contributed by atoms with Gasteiger partial charge in [-0.05, 0) is 61.4 Å². The first-order valence-corrected chi connectivity index (χ1v) is 14.4. The third-order valence-electron chi connectivity index (χ3n) is 7.05. The Morgan fingerprint density at radius 3 is 2.62 bits per heavy atom. The number of likely N-dealkylation sites (N-methyl/N-ethyl adjacent to an activating group) is 1. The van der Waals surface area contributed by atoms with Gasteiger partial charge in [0.05, 0.1) is 18.3 Å². The standard InChI is InChI=1S/C30H37N5OS/c1-31-15-14-27(24-10-5-4-6-11-24)36-21-23-9-7-8-22(18-23)20-35-17-16-34(2)29-26(28(35)25-12-13-25)19-32-30(33-29)37-3/h4-11,18-19,27,31H,12-17,20-21H2,1-3H3. The highest BCUT2D eigenvalue weighted by Crippen LogP contribution is 2.42. The molecule has 0 spiro atoms. The maximum absolute atomic E-state index is 6.44. The zero-order valence-corrected chi connectivity index (χ0v) is 22.9. The van der Waals surface area contributed by atoms with Crippen molar-refractivity contribution in [1.29, 1.82) is 0 Å². The lowest BCUT2D eigenvalue weighted by Gasteiger charge is -2.26. The maximum atomic E-state index is 6.44. The molecule has 1 N–H and O–H groups in total. The van der Waals surface area contributed by atoms with Gasteiger partial charge in [0.25, 0.3) is 0 Å².